The van der Waals surface area contributed by atoms with E-state index in [0.29, 0.717) is 17.1 Å². The molecule has 21 heavy (non-hydrogen) atoms. The summed E-state index contributed by atoms with van der Waals surface area (Å²) in [5.41, 5.74) is 6.63. The summed E-state index contributed by atoms with van der Waals surface area (Å²) < 4.78 is 1.95. The minimum atomic E-state index is -0.291. The summed E-state index contributed by atoms with van der Waals surface area (Å²) in [6, 6.07) is 5.82. The second-order valence-electron chi connectivity index (χ2n) is 5.45. The van der Waals surface area contributed by atoms with Crippen LogP contribution in [0.3, 0.4) is 0 Å². The van der Waals surface area contributed by atoms with Crippen molar-refractivity contribution in [1.29, 1.82) is 0 Å². The molecule has 2 unspecified atom stereocenters. The van der Waals surface area contributed by atoms with Gasteiger partial charge in [0.1, 0.15) is 4.88 Å². The van der Waals surface area contributed by atoms with E-state index in [1.807, 2.05) is 18.2 Å². The molecule has 2 atom stereocenters. The normalized spacial score (nSPS) is 21.8. The zero-order valence-electron chi connectivity index (χ0n) is 11.4. The number of hydrogen-bond acceptors (Lipinski definition) is 4. The number of amides is 1. The molecular weight excluding hydrogens is 352 g/mol. The zero-order chi connectivity index (χ0) is 15.0. The van der Waals surface area contributed by atoms with Gasteiger partial charge in [-0.05, 0) is 31.0 Å². The van der Waals surface area contributed by atoms with Crippen molar-refractivity contribution >= 4 is 48.9 Å². The first-order valence-electron chi connectivity index (χ1n) is 7.00. The third-order valence-electron chi connectivity index (χ3n) is 4.04. The molecule has 1 aromatic heterocycles. The van der Waals surface area contributed by atoms with Crippen LogP contribution in [0.5, 0.6) is 0 Å². The van der Waals surface area contributed by atoms with Crippen LogP contribution >= 0.6 is 27.3 Å². The highest BCUT2D eigenvalue weighted by Crippen LogP contribution is 2.35. The van der Waals surface area contributed by atoms with Crippen LogP contribution in [0.1, 0.15) is 28.9 Å². The van der Waals surface area contributed by atoms with Crippen LogP contribution in [-0.2, 0) is 0 Å². The Hall–Kier alpha value is -1.11. The molecule has 1 heterocycles. The standard InChI is InChI=1S/C15H17BrN2O2S/c16-9-4-5-12-10(6-9)13(17)14(21-12)15(20)18-7-8-2-1-3-11(8)19/h4-6,8,11,19H,1-3,7,17H2,(H,18,20). The number of nitrogen functional groups attached to an aromatic ring is 1. The number of nitrogens with one attached hydrogen (secondary N) is 1. The Morgan fingerprint density at radius 2 is 2.29 bits per heavy atom. The molecular formula is C15H17BrN2O2S. The van der Waals surface area contributed by atoms with Gasteiger partial charge in [-0.15, -0.1) is 11.3 Å². The Morgan fingerprint density at radius 3 is 3.00 bits per heavy atom. The Bertz CT molecular complexity index is 686. The lowest BCUT2D eigenvalue weighted by atomic mass is 10.1. The van der Waals surface area contributed by atoms with Crippen molar-refractivity contribution in [3.05, 3.63) is 27.5 Å². The third kappa shape index (κ3) is 2.93. The molecule has 0 aliphatic heterocycles. The van der Waals surface area contributed by atoms with Gasteiger partial charge in [0.25, 0.3) is 5.91 Å². The number of fused-ring (bicyclic) bond motifs is 1. The number of carbonyl (C=O) groups excluding carboxylic acids is 1. The first kappa shape index (κ1) is 14.8. The van der Waals surface area contributed by atoms with E-state index in [9.17, 15) is 9.90 Å². The van der Waals surface area contributed by atoms with E-state index in [1.165, 1.54) is 11.3 Å². The van der Waals surface area contributed by atoms with E-state index in [0.717, 1.165) is 33.8 Å². The molecule has 0 spiro atoms. The topological polar surface area (TPSA) is 75.4 Å². The van der Waals surface area contributed by atoms with Crippen LogP contribution in [0.4, 0.5) is 5.69 Å². The number of carbonyl (C=O) groups is 1. The van der Waals surface area contributed by atoms with Crippen molar-refractivity contribution in [2.45, 2.75) is 25.4 Å². The van der Waals surface area contributed by atoms with Gasteiger partial charge in [0.2, 0.25) is 0 Å². The van der Waals surface area contributed by atoms with Crippen LogP contribution in [0.2, 0.25) is 0 Å². The van der Waals surface area contributed by atoms with Crippen molar-refractivity contribution in [3.63, 3.8) is 0 Å². The van der Waals surface area contributed by atoms with Crippen molar-refractivity contribution in [3.8, 4) is 0 Å². The highest BCUT2D eigenvalue weighted by atomic mass is 79.9. The van der Waals surface area contributed by atoms with Crippen LogP contribution in [0.25, 0.3) is 10.1 Å². The van der Waals surface area contributed by atoms with Crippen molar-refractivity contribution in [2.24, 2.45) is 5.92 Å². The largest absolute Gasteiger partial charge is 0.397 e. The number of hydrogen-bond donors (Lipinski definition) is 3. The van der Waals surface area contributed by atoms with Gasteiger partial charge in [0.05, 0.1) is 11.8 Å². The van der Waals surface area contributed by atoms with E-state index in [-0.39, 0.29) is 17.9 Å². The summed E-state index contributed by atoms with van der Waals surface area (Å²) >= 11 is 4.82. The van der Waals surface area contributed by atoms with Crippen LogP contribution in [0, 0.1) is 5.92 Å². The Balaban J connectivity index is 1.76. The summed E-state index contributed by atoms with van der Waals surface area (Å²) in [4.78, 5) is 12.9. The first-order chi connectivity index (χ1) is 10.1. The summed E-state index contributed by atoms with van der Waals surface area (Å²) in [5, 5.41) is 13.6. The maximum absolute atomic E-state index is 12.3. The molecule has 1 amide bonds. The lowest BCUT2D eigenvalue weighted by Gasteiger charge is -2.14. The molecule has 1 aromatic carbocycles. The number of nitrogens with two attached hydrogens (primary N) is 1. The molecule has 6 heteroatoms. The smallest absolute Gasteiger partial charge is 0.263 e. The Morgan fingerprint density at radius 1 is 1.48 bits per heavy atom. The van der Waals surface area contributed by atoms with Crippen molar-refractivity contribution < 1.29 is 9.90 Å². The fraction of sp³-hybridized carbons (Fsp3) is 0.400. The molecule has 0 radical (unpaired) electrons. The number of aliphatic hydroxyl groups is 1. The molecule has 112 valence electrons. The molecule has 1 saturated carbocycles. The van der Waals surface area contributed by atoms with E-state index < -0.39 is 0 Å². The van der Waals surface area contributed by atoms with E-state index in [1.54, 1.807) is 0 Å². The fourth-order valence-electron chi connectivity index (χ4n) is 2.82. The SMILES string of the molecule is Nc1c(C(=O)NCC2CCCC2O)sc2ccc(Br)cc12. The lowest BCUT2D eigenvalue weighted by Crippen LogP contribution is -2.32. The molecule has 2 aromatic rings. The van der Waals surface area contributed by atoms with Gasteiger partial charge < -0.3 is 16.2 Å². The average Bonchev–Trinajstić information content (AvgIpc) is 3.01. The maximum Gasteiger partial charge on any atom is 0.263 e. The second kappa shape index (κ2) is 5.94. The Kier molecular flexibility index (Phi) is 4.19. The van der Waals surface area contributed by atoms with Crippen molar-refractivity contribution in [2.75, 3.05) is 12.3 Å². The van der Waals surface area contributed by atoms with Gasteiger partial charge in [-0.3, -0.25) is 4.79 Å². The third-order valence-corrected chi connectivity index (χ3v) is 5.72. The lowest BCUT2D eigenvalue weighted by molar-refractivity contribution is 0.0921. The van der Waals surface area contributed by atoms with Gasteiger partial charge in [-0.2, -0.15) is 0 Å². The number of anilines is 1. The highest BCUT2D eigenvalue weighted by Gasteiger charge is 2.26. The molecule has 1 fully saturated rings. The van der Waals surface area contributed by atoms with Crippen LogP contribution < -0.4 is 11.1 Å². The maximum atomic E-state index is 12.3. The molecule has 4 nitrogen and oxygen atoms in total. The molecule has 3 rings (SSSR count). The van der Waals surface area contributed by atoms with E-state index in [4.69, 9.17) is 5.73 Å². The number of thiophene rings is 1. The molecule has 1 aliphatic rings. The molecule has 0 bridgehead atoms. The molecule has 1 aliphatic carbocycles. The summed E-state index contributed by atoms with van der Waals surface area (Å²) in [7, 11) is 0. The van der Waals surface area contributed by atoms with E-state index >= 15 is 0 Å². The minimum Gasteiger partial charge on any atom is -0.397 e. The fourth-order valence-corrected chi connectivity index (χ4v) is 4.20. The van der Waals surface area contributed by atoms with Gasteiger partial charge >= 0.3 is 0 Å². The first-order valence-corrected chi connectivity index (χ1v) is 8.61. The van der Waals surface area contributed by atoms with Crippen LogP contribution in [-0.4, -0.2) is 23.7 Å². The number of benzene rings is 1. The van der Waals surface area contributed by atoms with Crippen LogP contribution in [0.15, 0.2) is 22.7 Å². The zero-order valence-corrected chi connectivity index (χ0v) is 13.8. The van der Waals surface area contributed by atoms with Crippen molar-refractivity contribution in [1.82, 2.24) is 5.32 Å². The van der Waals surface area contributed by atoms with Gasteiger partial charge in [-0.1, -0.05) is 22.4 Å². The highest BCUT2D eigenvalue weighted by molar-refractivity contribution is 9.10. The summed E-state index contributed by atoms with van der Waals surface area (Å²) in [6.45, 7) is 0.511. The number of halogens is 1. The van der Waals surface area contributed by atoms with E-state index in [2.05, 4.69) is 21.2 Å². The average molecular weight is 369 g/mol. The van der Waals surface area contributed by atoms with Gasteiger partial charge in [0.15, 0.2) is 0 Å². The predicted octanol–water partition coefficient (Wildman–Crippen LogP) is 3.14. The Labute approximate surface area is 135 Å². The monoisotopic (exact) mass is 368 g/mol. The number of rotatable bonds is 3. The minimum absolute atomic E-state index is 0.149. The van der Waals surface area contributed by atoms with Gasteiger partial charge in [-0.25, -0.2) is 0 Å². The predicted molar refractivity (Wildman–Crippen MR) is 89.6 cm³/mol. The summed E-state index contributed by atoms with van der Waals surface area (Å²) in [5.74, 6) is 0.0163. The number of aliphatic hydroxyl groups excluding tert-OH is 1. The second-order valence-corrected chi connectivity index (χ2v) is 7.42. The van der Waals surface area contributed by atoms with Gasteiger partial charge in [0, 0.05) is 27.0 Å². The molecule has 4 N–H and O–H groups in total. The molecule has 0 saturated heterocycles. The summed E-state index contributed by atoms with van der Waals surface area (Å²) in [6.07, 6.45) is 2.54. The quantitative estimate of drug-likeness (QED) is 0.778.